The number of ether oxygens (including phenoxy) is 2. The Labute approximate surface area is 203 Å². The Morgan fingerprint density at radius 3 is 2.28 bits per heavy atom. The van der Waals surface area contributed by atoms with Gasteiger partial charge >= 0.3 is 6.36 Å². The van der Waals surface area contributed by atoms with Gasteiger partial charge in [-0.1, -0.05) is 30.3 Å². The fourth-order valence-corrected chi connectivity index (χ4v) is 4.23. The molecular formula is C23H20F4N2O6S. The Morgan fingerprint density at radius 2 is 1.64 bits per heavy atom. The van der Waals surface area contributed by atoms with E-state index in [0.29, 0.717) is 17.7 Å². The minimum atomic E-state index is -5.19. The van der Waals surface area contributed by atoms with E-state index >= 15 is 0 Å². The number of alkyl halides is 3. The highest BCUT2D eigenvalue weighted by Gasteiger charge is 2.33. The molecule has 0 saturated carbocycles. The molecule has 8 nitrogen and oxygen atoms in total. The number of carbonyl (C=O) groups is 1. The van der Waals surface area contributed by atoms with Crippen molar-refractivity contribution in [3.8, 4) is 11.5 Å². The van der Waals surface area contributed by atoms with Gasteiger partial charge < -0.3 is 19.9 Å². The SMILES string of the molecule is CCOc1cc(NC(=O)[C@@H](O)c2ccccc2)ccc1S(=O)(=O)Nc1ccc(F)c(OC(F)(F)F)c1. The summed E-state index contributed by atoms with van der Waals surface area (Å²) in [5, 5.41) is 12.7. The van der Waals surface area contributed by atoms with Crippen LogP contribution in [0.3, 0.4) is 0 Å². The van der Waals surface area contributed by atoms with Gasteiger partial charge in [0.15, 0.2) is 17.7 Å². The third-order valence-electron chi connectivity index (χ3n) is 4.57. The molecule has 0 bridgehead atoms. The smallest absolute Gasteiger partial charge is 0.492 e. The highest BCUT2D eigenvalue weighted by molar-refractivity contribution is 7.92. The van der Waals surface area contributed by atoms with Crippen LogP contribution in [0.4, 0.5) is 28.9 Å². The van der Waals surface area contributed by atoms with E-state index in [-0.39, 0.29) is 18.0 Å². The first-order chi connectivity index (χ1) is 16.9. The lowest BCUT2D eigenvalue weighted by molar-refractivity contribution is -0.275. The number of halogens is 4. The first-order valence-corrected chi connectivity index (χ1v) is 11.8. The van der Waals surface area contributed by atoms with Crippen LogP contribution >= 0.6 is 0 Å². The van der Waals surface area contributed by atoms with Crippen molar-refractivity contribution in [1.82, 2.24) is 0 Å². The standard InChI is InChI=1S/C23H20F4N2O6S/c1-2-34-19-12-15(28-22(31)21(30)14-6-4-3-5-7-14)9-11-20(19)36(32,33)29-16-8-10-17(24)18(13-16)35-23(25,26)27/h3-13,21,29-30H,2H2,1H3,(H,28,31)/t21-/m0/s1. The van der Waals surface area contributed by atoms with E-state index in [1.807, 2.05) is 4.72 Å². The first-order valence-electron chi connectivity index (χ1n) is 10.3. The Morgan fingerprint density at radius 1 is 1.00 bits per heavy atom. The summed E-state index contributed by atoms with van der Waals surface area (Å²) in [5.41, 5.74) is 0.0538. The van der Waals surface area contributed by atoms with Gasteiger partial charge in [0.1, 0.15) is 10.6 Å². The number of nitrogens with one attached hydrogen (secondary N) is 2. The molecule has 0 aliphatic heterocycles. The van der Waals surface area contributed by atoms with Gasteiger partial charge in [0.25, 0.3) is 15.9 Å². The van der Waals surface area contributed by atoms with Crippen molar-refractivity contribution in [3.63, 3.8) is 0 Å². The summed E-state index contributed by atoms with van der Waals surface area (Å²) in [5.74, 6) is -3.53. The zero-order chi connectivity index (χ0) is 26.5. The molecule has 0 fully saturated rings. The Kier molecular flexibility index (Phi) is 8.05. The number of aliphatic hydroxyl groups is 1. The lowest BCUT2D eigenvalue weighted by atomic mass is 10.1. The molecule has 1 atom stereocenters. The molecule has 13 heteroatoms. The predicted molar refractivity (Wildman–Crippen MR) is 122 cm³/mol. The van der Waals surface area contributed by atoms with Crippen LogP contribution in [-0.4, -0.2) is 32.4 Å². The second-order valence-electron chi connectivity index (χ2n) is 7.20. The molecule has 0 unspecified atom stereocenters. The maximum absolute atomic E-state index is 13.7. The number of benzene rings is 3. The van der Waals surface area contributed by atoms with Crippen molar-refractivity contribution in [2.75, 3.05) is 16.6 Å². The second-order valence-corrected chi connectivity index (χ2v) is 8.85. The van der Waals surface area contributed by atoms with E-state index in [0.717, 1.165) is 12.1 Å². The van der Waals surface area contributed by atoms with E-state index in [1.165, 1.54) is 12.1 Å². The average Bonchev–Trinajstić information content (AvgIpc) is 2.80. The molecule has 3 rings (SSSR count). The molecule has 0 aliphatic carbocycles. The maximum Gasteiger partial charge on any atom is 0.573 e. The summed E-state index contributed by atoms with van der Waals surface area (Å²) in [7, 11) is -4.44. The van der Waals surface area contributed by atoms with Crippen molar-refractivity contribution in [2.24, 2.45) is 0 Å². The van der Waals surface area contributed by atoms with Gasteiger partial charge in [-0.05, 0) is 36.8 Å². The van der Waals surface area contributed by atoms with E-state index < -0.39 is 50.5 Å². The number of aliphatic hydroxyl groups excluding tert-OH is 1. The third-order valence-corrected chi connectivity index (χ3v) is 5.99. The zero-order valence-electron chi connectivity index (χ0n) is 18.5. The summed E-state index contributed by atoms with van der Waals surface area (Å²) in [6.07, 6.45) is -6.67. The van der Waals surface area contributed by atoms with Gasteiger partial charge in [0.05, 0.1) is 12.3 Å². The Bertz CT molecular complexity index is 1330. The lowest BCUT2D eigenvalue weighted by Crippen LogP contribution is -2.21. The van der Waals surface area contributed by atoms with E-state index in [1.54, 1.807) is 37.3 Å². The Balaban J connectivity index is 1.85. The van der Waals surface area contributed by atoms with Crippen LogP contribution in [0, 0.1) is 5.82 Å². The largest absolute Gasteiger partial charge is 0.573 e. The third kappa shape index (κ3) is 6.86. The number of hydrogen-bond donors (Lipinski definition) is 3. The molecule has 3 aromatic rings. The van der Waals surface area contributed by atoms with Crippen LogP contribution in [0.2, 0.25) is 0 Å². The fraction of sp³-hybridized carbons (Fsp3) is 0.174. The summed E-state index contributed by atoms with van der Waals surface area (Å²) in [6.45, 7) is 1.61. The lowest BCUT2D eigenvalue weighted by Gasteiger charge is -2.16. The summed E-state index contributed by atoms with van der Waals surface area (Å²) in [4.78, 5) is 12.0. The van der Waals surface area contributed by atoms with Crippen LogP contribution in [0.5, 0.6) is 11.5 Å². The molecule has 3 aromatic carbocycles. The van der Waals surface area contributed by atoms with Gasteiger partial charge in [0.2, 0.25) is 0 Å². The van der Waals surface area contributed by atoms with Gasteiger partial charge in [0, 0.05) is 17.8 Å². The molecular weight excluding hydrogens is 508 g/mol. The predicted octanol–water partition coefficient (Wildman–Crippen LogP) is 4.60. The number of hydrogen-bond acceptors (Lipinski definition) is 6. The van der Waals surface area contributed by atoms with E-state index in [2.05, 4.69) is 10.1 Å². The van der Waals surface area contributed by atoms with Crippen LogP contribution in [0.25, 0.3) is 0 Å². The fourth-order valence-electron chi connectivity index (χ4n) is 3.05. The average molecular weight is 528 g/mol. The molecule has 36 heavy (non-hydrogen) atoms. The molecule has 0 aliphatic rings. The normalized spacial score (nSPS) is 12.5. The van der Waals surface area contributed by atoms with Crippen molar-refractivity contribution >= 4 is 27.3 Å². The number of carbonyl (C=O) groups excluding carboxylic acids is 1. The molecule has 0 radical (unpaired) electrons. The maximum atomic E-state index is 13.7. The molecule has 3 N–H and O–H groups in total. The first kappa shape index (κ1) is 26.8. The van der Waals surface area contributed by atoms with Crippen molar-refractivity contribution in [3.05, 3.63) is 78.1 Å². The number of sulfonamides is 1. The van der Waals surface area contributed by atoms with E-state index in [9.17, 15) is 35.9 Å². The molecule has 0 saturated heterocycles. The number of amides is 1. The van der Waals surface area contributed by atoms with Gasteiger partial charge in [-0.2, -0.15) is 0 Å². The van der Waals surface area contributed by atoms with Crippen LogP contribution in [0.15, 0.2) is 71.6 Å². The highest BCUT2D eigenvalue weighted by Crippen LogP contribution is 2.32. The number of anilines is 2. The quantitative estimate of drug-likeness (QED) is 0.350. The Hall–Kier alpha value is -3.84. The summed E-state index contributed by atoms with van der Waals surface area (Å²) < 4.78 is 87.9. The minimum absolute atomic E-state index is 0.0344. The highest BCUT2D eigenvalue weighted by atomic mass is 32.2. The minimum Gasteiger partial charge on any atom is -0.492 e. The molecule has 0 spiro atoms. The molecule has 0 heterocycles. The molecule has 0 aromatic heterocycles. The van der Waals surface area contributed by atoms with Crippen molar-refractivity contribution in [2.45, 2.75) is 24.3 Å². The summed E-state index contributed by atoms with van der Waals surface area (Å²) in [6, 6.07) is 13.7. The number of rotatable bonds is 9. The monoisotopic (exact) mass is 528 g/mol. The van der Waals surface area contributed by atoms with Gasteiger partial charge in [-0.15, -0.1) is 13.2 Å². The van der Waals surface area contributed by atoms with E-state index in [4.69, 9.17) is 4.74 Å². The summed E-state index contributed by atoms with van der Waals surface area (Å²) >= 11 is 0. The van der Waals surface area contributed by atoms with Gasteiger partial charge in [-0.25, -0.2) is 12.8 Å². The van der Waals surface area contributed by atoms with Crippen molar-refractivity contribution in [1.29, 1.82) is 0 Å². The van der Waals surface area contributed by atoms with Crippen LogP contribution < -0.4 is 19.5 Å². The topological polar surface area (TPSA) is 114 Å². The second kappa shape index (κ2) is 10.8. The zero-order valence-corrected chi connectivity index (χ0v) is 19.4. The molecule has 1 amide bonds. The van der Waals surface area contributed by atoms with Crippen LogP contribution in [0.1, 0.15) is 18.6 Å². The van der Waals surface area contributed by atoms with Crippen LogP contribution in [-0.2, 0) is 14.8 Å². The van der Waals surface area contributed by atoms with Crippen molar-refractivity contribution < 1.29 is 45.4 Å². The van der Waals surface area contributed by atoms with Gasteiger partial charge in [-0.3, -0.25) is 9.52 Å². The molecule has 192 valence electrons.